The van der Waals surface area contributed by atoms with Gasteiger partial charge in [-0.15, -0.1) is 0 Å². The summed E-state index contributed by atoms with van der Waals surface area (Å²) in [6, 6.07) is -27.6. The SMILES string of the molecule is [2H]c1c([2H])c([2H])c(-c2c3c([2H])c([2H])c([2H])c([2H])c3c(-c3c([2H])c([2H])c([2H])c(-c4c([2H])c([2H])c([2H])c(-c5c([2H])c([2H])c([2H])c6c([2H])c([2H])c([2H])c([2H])c56)c4[2H])c3[2H])c3c([2H])c([2H])c([2H])c([2H])c23)c([2H])c1[2H]. The van der Waals surface area contributed by atoms with Gasteiger partial charge in [0.25, 0.3) is 0 Å². The molecule has 8 rings (SSSR count). The zero-order chi connectivity index (χ0) is 52.2. The largest absolute Gasteiger partial charge is 0.0636 e. The number of benzene rings is 8. The average Bonchev–Trinajstić information content (AvgIpc) is 3.32. The quantitative estimate of drug-likeness (QED) is 0.188. The molecule has 0 aromatic heterocycles. The molecular formula is C42H28. The van der Waals surface area contributed by atoms with Gasteiger partial charge in [0.15, 0.2) is 0 Å². The lowest BCUT2D eigenvalue weighted by Gasteiger charge is -2.18. The first-order valence-corrected chi connectivity index (χ1v) is 12.2. The van der Waals surface area contributed by atoms with Crippen LogP contribution in [0.1, 0.15) is 38.4 Å². The van der Waals surface area contributed by atoms with Crippen LogP contribution in [0.4, 0.5) is 0 Å². The van der Waals surface area contributed by atoms with Crippen LogP contribution < -0.4 is 0 Å². The van der Waals surface area contributed by atoms with Gasteiger partial charge in [-0.25, -0.2) is 0 Å². The third kappa shape index (κ3) is 4.08. The lowest BCUT2D eigenvalue weighted by molar-refractivity contribution is 1.60. The van der Waals surface area contributed by atoms with Gasteiger partial charge in [-0.2, -0.15) is 0 Å². The number of hydrogen-bond acceptors (Lipinski definition) is 0. The van der Waals surface area contributed by atoms with Crippen LogP contribution in [0, 0.1) is 0 Å². The highest BCUT2D eigenvalue weighted by molar-refractivity contribution is 6.21. The highest BCUT2D eigenvalue weighted by Crippen LogP contribution is 2.44. The highest BCUT2D eigenvalue weighted by Gasteiger charge is 2.16. The van der Waals surface area contributed by atoms with Crippen LogP contribution in [0.2, 0.25) is 0 Å². The molecule has 0 aliphatic carbocycles. The second kappa shape index (κ2) is 10.2. The number of fused-ring (bicyclic) bond motifs is 3. The Morgan fingerprint density at radius 3 is 1.33 bits per heavy atom. The Kier molecular flexibility index (Phi) is 2.19. The molecule has 0 nitrogen and oxygen atoms in total. The summed E-state index contributed by atoms with van der Waals surface area (Å²) in [6.45, 7) is 0. The molecule has 0 unspecified atom stereocenters. The molecule has 0 fully saturated rings. The van der Waals surface area contributed by atoms with Crippen LogP contribution in [0.15, 0.2) is 169 Å². The first-order chi connectivity index (χ1) is 32.5. The van der Waals surface area contributed by atoms with E-state index in [1.54, 1.807) is 0 Å². The second-order valence-corrected chi connectivity index (χ2v) is 8.75. The molecule has 0 radical (unpaired) electrons. The van der Waals surface area contributed by atoms with Gasteiger partial charge in [0.1, 0.15) is 0 Å². The van der Waals surface area contributed by atoms with Crippen molar-refractivity contribution in [3.05, 3.63) is 169 Å². The lowest BCUT2D eigenvalue weighted by Crippen LogP contribution is -1.91. The van der Waals surface area contributed by atoms with Crippen molar-refractivity contribution in [2.75, 3.05) is 0 Å². The van der Waals surface area contributed by atoms with E-state index in [2.05, 4.69) is 0 Å². The Morgan fingerprint density at radius 2 is 0.690 bits per heavy atom. The van der Waals surface area contributed by atoms with Crippen LogP contribution in [0.3, 0.4) is 0 Å². The van der Waals surface area contributed by atoms with Gasteiger partial charge in [-0.05, 0) is 88.9 Å². The van der Waals surface area contributed by atoms with Gasteiger partial charge in [-0.1, -0.05) is 157 Å². The van der Waals surface area contributed by atoms with E-state index < -0.39 is 246 Å². The summed E-state index contributed by atoms with van der Waals surface area (Å²) in [5, 5.41) is -4.26. The Balaban J connectivity index is 1.67. The molecule has 0 bridgehead atoms. The number of rotatable bonds is 4. The highest BCUT2D eigenvalue weighted by atomic mass is 14.2. The summed E-state index contributed by atoms with van der Waals surface area (Å²) in [4.78, 5) is 0. The maximum absolute atomic E-state index is 9.79. The fourth-order valence-electron chi connectivity index (χ4n) is 4.69. The molecule has 0 spiro atoms. The Hall–Kier alpha value is -5.46. The van der Waals surface area contributed by atoms with Crippen molar-refractivity contribution in [1.82, 2.24) is 0 Å². The topological polar surface area (TPSA) is 0 Å². The molecule has 0 saturated carbocycles. The van der Waals surface area contributed by atoms with Gasteiger partial charge in [-0.3, -0.25) is 0 Å². The van der Waals surface area contributed by atoms with Gasteiger partial charge in [0, 0.05) is 0 Å². The predicted octanol–water partition coefficient (Wildman–Crippen LogP) is 11.8. The summed E-state index contributed by atoms with van der Waals surface area (Å²) in [5.74, 6) is 0. The van der Waals surface area contributed by atoms with Gasteiger partial charge in [0.05, 0.1) is 38.4 Å². The minimum Gasteiger partial charge on any atom is -0.0622 e. The van der Waals surface area contributed by atoms with Crippen LogP contribution >= 0.6 is 0 Å². The van der Waals surface area contributed by atoms with Crippen molar-refractivity contribution in [2.45, 2.75) is 0 Å². The summed E-state index contributed by atoms with van der Waals surface area (Å²) in [7, 11) is 0. The molecule has 8 aromatic rings. The van der Waals surface area contributed by atoms with Gasteiger partial charge >= 0.3 is 0 Å². The zero-order valence-electron chi connectivity index (χ0n) is 49.0. The summed E-state index contributed by atoms with van der Waals surface area (Å²) < 4.78 is 249. The molecule has 0 amide bonds. The molecule has 42 heavy (non-hydrogen) atoms. The Bertz CT molecular complexity index is 3680. The third-order valence-electron chi connectivity index (χ3n) is 6.44. The maximum atomic E-state index is 9.79. The van der Waals surface area contributed by atoms with Crippen molar-refractivity contribution in [2.24, 2.45) is 0 Å². The van der Waals surface area contributed by atoms with Crippen molar-refractivity contribution in [3.8, 4) is 44.5 Å². The van der Waals surface area contributed by atoms with E-state index in [1.807, 2.05) is 0 Å². The minimum atomic E-state index is -1.14. The molecule has 0 N–H and O–H groups in total. The Labute approximate surface area is 285 Å². The standard InChI is InChI=1S/C42H28/c1-2-14-30(15-3-1)41-37-22-6-8-24-39(37)42(40-25-9-7-23-38(40)41)34-20-11-18-32(28-34)31-17-10-19-33(27-31)36-26-12-16-29-13-4-5-21-35(29)36/h1-28H/i1D,2D,3D,4D,5D,6D,7D,8D,9D,10D,11D,12D,13D,14D,15D,16D,17D,18D,19D,20D,21D,22D,23D,24D,25D,26D,27D,28D. The third-order valence-corrected chi connectivity index (χ3v) is 6.44. The molecule has 0 aliphatic heterocycles. The second-order valence-electron chi connectivity index (χ2n) is 8.75. The summed E-state index contributed by atoms with van der Waals surface area (Å²) >= 11 is 0. The smallest absolute Gasteiger partial charge is 0.0622 e. The first-order valence-electron chi connectivity index (χ1n) is 26.2. The molecule has 0 heteroatoms. The normalized spacial score (nSPS) is 20.7. The van der Waals surface area contributed by atoms with E-state index in [0.29, 0.717) is 0 Å². The molecule has 196 valence electrons. The average molecular weight is 561 g/mol. The van der Waals surface area contributed by atoms with Crippen LogP contribution in [0.25, 0.3) is 76.8 Å². The maximum Gasteiger partial charge on any atom is 0.0636 e. The van der Waals surface area contributed by atoms with E-state index in [4.69, 9.17) is 28.8 Å². The molecule has 0 aliphatic rings. The minimum absolute atomic E-state index is 0.611. The van der Waals surface area contributed by atoms with Crippen LogP contribution in [-0.4, -0.2) is 0 Å². The van der Waals surface area contributed by atoms with Gasteiger partial charge in [0.2, 0.25) is 0 Å². The Morgan fingerprint density at radius 1 is 0.286 bits per heavy atom. The van der Waals surface area contributed by atoms with E-state index in [-0.39, 0.29) is 0 Å². The van der Waals surface area contributed by atoms with Crippen LogP contribution in [-0.2, 0) is 0 Å². The van der Waals surface area contributed by atoms with Crippen LogP contribution in [0.5, 0.6) is 0 Å². The fraction of sp³-hybridized carbons (Fsp3) is 0. The summed E-state index contributed by atoms with van der Waals surface area (Å²) in [5.41, 5.74) is -6.70. The van der Waals surface area contributed by atoms with E-state index in [9.17, 15) is 9.60 Å². The molecule has 0 saturated heterocycles. The summed E-state index contributed by atoms with van der Waals surface area (Å²) in [6.07, 6.45) is 0. The molecular weight excluding hydrogens is 504 g/mol. The van der Waals surface area contributed by atoms with Crippen molar-refractivity contribution < 1.29 is 38.4 Å². The monoisotopic (exact) mass is 560 g/mol. The van der Waals surface area contributed by atoms with E-state index in [1.165, 1.54) is 0 Å². The molecule has 0 atom stereocenters. The predicted molar refractivity (Wildman–Crippen MR) is 181 cm³/mol. The van der Waals surface area contributed by atoms with E-state index in [0.717, 1.165) is 0 Å². The molecule has 0 heterocycles. The van der Waals surface area contributed by atoms with Crippen molar-refractivity contribution in [1.29, 1.82) is 0 Å². The van der Waals surface area contributed by atoms with Gasteiger partial charge < -0.3 is 0 Å². The fourth-order valence-corrected chi connectivity index (χ4v) is 4.69. The zero-order valence-corrected chi connectivity index (χ0v) is 21.0. The lowest BCUT2D eigenvalue weighted by atomic mass is 9.85. The first kappa shape index (κ1) is 9.02. The van der Waals surface area contributed by atoms with Crippen molar-refractivity contribution in [3.63, 3.8) is 0 Å². The van der Waals surface area contributed by atoms with Crippen molar-refractivity contribution >= 4 is 32.3 Å². The number of hydrogen-bond donors (Lipinski definition) is 0. The van der Waals surface area contributed by atoms with E-state index >= 15 is 0 Å². The molecule has 8 aromatic carbocycles.